The average Bonchev–Trinajstić information content (AvgIpc) is 2.92. The van der Waals surface area contributed by atoms with Gasteiger partial charge < -0.3 is 9.73 Å². The zero-order valence-electron chi connectivity index (χ0n) is 13.9. The summed E-state index contributed by atoms with van der Waals surface area (Å²) in [4.78, 5) is 12.5. The van der Waals surface area contributed by atoms with Crippen LogP contribution in [0.25, 0.3) is 11.0 Å². The number of nitrogens with one attached hydrogen (secondary N) is 1. The topological polar surface area (TPSA) is 42.2 Å². The molecule has 0 saturated heterocycles. The number of carbonyl (C=O) groups is 1. The molecule has 0 spiro atoms. The van der Waals surface area contributed by atoms with E-state index in [1.165, 1.54) is 32.1 Å². The molecule has 1 aliphatic rings. The zero-order valence-corrected chi connectivity index (χ0v) is 14.7. The second-order valence-electron chi connectivity index (χ2n) is 6.61. The highest BCUT2D eigenvalue weighted by Crippen LogP contribution is 2.34. The van der Waals surface area contributed by atoms with Crippen LogP contribution >= 0.6 is 11.8 Å². The lowest BCUT2D eigenvalue weighted by Gasteiger charge is -2.20. The molecule has 2 aromatic rings. The fourth-order valence-corrected chi connectivity index (χ4v) is 4.54. The Morgan fingerprint density at radius 1 is 1.26 bits per heavy atom. The summed E-state index contributed by atoms with van der Waals surface area (Å²) in [5.74, 6) is 1.24. The van der Waals surface area contributed by atoms with E-state index in [-0.39, 0.29) is 11.9 Å². The van der Waals surface area contributed by atoms with Gasteiger partial charge >= 0.3 is 0 Å². The number of benzene rings is 1. The molecule has 1 aromatic carbocycles. The molecule has 1 fully saturated rings. The van der Waals surface area contributed by atoms with Gasteiger partial charge in [0.15, 0.2) is 5.76 Å². The van der Waals surface area contributed by atoms with Crippen molar-refractivity contribution in [2.75, 3.05) is 0 Å². The van der Waals surface area contributed by atoms with E-state index in [2.05, 4.69) is 11.4 Å². The Hall–Kier alpha value is -1.42. The van der Waals surface area contributed by atoms with Gasteiger partial charge in [0.05, 0.1) is 0 Å². The molecular formula is C19H25NO2S. The molecule has 0 unspecified atom stereocenters. The molecular weight excluding hydrogens is 306 g/mol. The molecule has 1 aliphatic carbocycles. The van der Waals surface area contributed by atoms with Crippen molar-refractivity contribution >= 4 is 28.6 Å². The van der Waals surface area contributed by atoms with E-state index in [0.29, 0.717) is 5.76 Å². The first-order valence-corrected chi connectivity index (χ1v) is 9.63. The lowest BCUT2D eigenvalue weighted by atomic mass is 10.0. The van der Waals surface area contributed by atoms with E-state index in [9.17, 15) is 4.79 Å². The lowest BCUT2D eigenvalue weighted by Crippen LogP contribution is -2.30. The molecule has 0 atom stereocenters. The van der Waals surface area contributed by atoms with Gasteiger partial charge in [0.1, 0.15) is 5.58 Å². The summed E-state index contributed by atoms with van der Waals surface area (Å²) in [6, 6.07) is 8.07. The van der Waals surface area contributed by atoms with Crippen molar-refractivity contribution < 1.29 is 9.21 Å². The van der Waals surface area contributed by atoms with Gasteiger partial charge in [-0.05, 0) is 32.8 Å². The molecule has 0 aliphatic heterocycles. The summed E-state index contributed by atoms with van der Waals surface area (Å²) >= 11 is 1.98. The molecule has 4 heteroatoms. The van der Waals surface area contributed by atoms with Crippen LogP contribution in [0.4, 0.5) is 0 Å². The minimum absolute atomic E-state index is 0.101. The quantitative estimate of drug-likeness (QED) is 0.825. The maximum absolute atomic E-state index is 12.5. The normalized spacial score (nSPS) is 16.1. The van der Waals surface area contributed by atoms with Crippen LogP contribution in [0.2, 0.25) is 0 Å². The first-order chi connectivity index (χ1) is 11.1. The van der Waals surface area contributed by atoms with E-state index in [1.54, 1.807) is 0 Å². The number of hydrogen-bond acceptors (Lipinski definition) is 3. The number of thioether (sulfide) groups is 1. The van der Waals surface area contributed by atoms with E-state index in [0.717, 1.165) is 27.5 Å². The fraction of sp³-hybridized carbons (Fsp3) is 0.526. The van der Waals surface area contributed by atoms with Crippen molar-refractivity contribution in [2.45, 2.75) is 63.0 Å². The molecule has 0 bridgehead atoms. The van der Waals surface area contributed by atoms with Crippen molar-refractivity contribution in [1.82, 2.24) is 5.32 Å². The van der Waals surface area contributed by atoms with Gasteiger partial charge in [0.25, 0.3) is 5.91 Å². The third kappa shape index (κ3) is 3.92. The SMILES string of the molecule is CC(C)NC(=O)c1oc2ccccc2c1CSC1CCCCC1. The Balaban J connectivity index is 1.84. The highest BCUT2D eigenvalue weighted by molar-refractivity contribution is 7.99. The Morgan fingerprint density at radius 3 is 2.74 bits per heavy atom. The molecule has 1 heterocycles. The number of furan rings is 1. The van der Waals surface area contributed by atoms with Crippen LogP contribution in [0.15, 0.2) is 28.7 Å². The van der Waals surface area contributed by atoms with E-state index in [4.69, 9.17) is 4.42 Å². The predicted molar refractivity (Wildman–Crippen MR) is 97.0 cm³/mol. The molecule has 3 rings (SSSR count). The minimum Gasteiger partial charge on any atom is -0.451 e. The highest BCUT2D eigenvalue weighted by Gasteiger charge is 2.22. The molecule has 0 radical (unpaired) electrons. The first-order valence-electron chi connectivity index (χ1n) is 8.58. The van der Waals surface area contributed by atoms with Crippen LogP contribution in [0, 0.1) is 0 Å². The van der Waals surface area contributed by atoms with Gasteiger partial charge in [0, 0.05) is 28.0 Å². The summed E-state index contributed by atoms with van der Waals surface area (Å²) in [6.07, 6.45) is 6.64. The molecule has 1 saturated carbocycles. The zero-order chi connectivity index (χ0) is 16.2. The van der Waals surface area contributed by atoms with E-state index < -0.39 is 0 Å². The lowest BCUT2D eigenvalue weighted by molar-refractivity contribution is 0.0916. The van der Waals surface area contributed by atoms with Gasteiger partial charge in [-0.2, -0.15) is 11.8 Å². The van der Waals surface area contributed by atoms with Crippen molar-refractivity contribution in [3.05, 3.63) is 35.6 Å². The summed E-state index contributed by atoms with van der Waals surface area (Å²) in [5, 5.41) is 4.75. The largest absolute Gasteiger partial charge is 0.451 e. The Bertz CT molecular complexity index is 671. The van der Waals surface area contributed by atoms with Crippen LogP contribution in [-0.2, 0) is 5.75 Å². The second-order valence-corrected chi connectivity index (χ2v) is 7.89. The summed E-state index contributed by atoms with van der Waals surface area (Å²) in [5.41, 5.74) is 1.86. The maximum Gasteiger partial charge on any atom is 0.287 e. The average molecular weight is 331 g/mol. The second kappa shape index (κ2) is 7.43. The predicted octanol–water partition coefficient (Wildman–Crippen LogP) is 5.14. The number of rotatable bonds is 5. The van der Waals surface area contributed by atoms with E-state index >= 15 is 0 Å². The number of carbonyl (C=O) groups excluding carboxylic acids is 1. The minimum atomic E-state index is -0.101. The van der Waals surface area contributed by atoms with Gasteiger partial charge in [-0.1, -0.05) is 37.5 Å². The Labute approximate surface area is 142 Å². The van der Waals surface area contributed by atoms with Gasteiger partial charge in [-0.3, -0.25) is 4.79 Å². The first kappa shape index (κ1) is 16.4. The summed E-state index contributed by atoms with van der Waals surface area (Å²) < 4.78 is 5.88. The molecule has 1 N–H and O–H groups in total. The fourth-order valence-electron chi connectivity index (χ4n) is 3.19. The van der Waals surface area contributed by atoms with Crippen molar-refractivity contribution in [2.24, 2.45) is 0 Å². The molecule has 1 aromatic heterocycles. The molecule has 23 heavy (non-hydrogen) atoms. The van der Waals surface area contributed by atoms with Crippen LogP contribution < -0.4 is 5.32 Å². The number of para-hydroxylation sites is 1. The standard InChI is InChI=1S/C19H25NO2S/c1-13(2)20-19(21)18-16(12-23-14-8-4-3-5-9-14)15-10-6-7-11-17(15)22-18/h6-7,10-11,13-14H,3-5,8-9,12H2,1-2H3,(H,20,21). The van der Waals surface area contributed by atoms with Gasteiger partial charge in [0.2, 0.25) is 0 Å². The molecule has 124 valence electrons. The van der Waals surface area contributed by atoms with Gasteiger partial charge in [-0.15, -0.1) is 0 Å². The molecule has 1 amide bonds. The van der Waals surface area contributed by atoms with Gasteiger partial charge in [-0.25, -0.2) is 0 Å². The third-order valence-corrected chi connectivity index (χ3v) is 5.74. The maximum atomic E-state index is 12.5. The van der Waals surface area contributed by atoms with Crippen LogP contribution in [0.1, 0.15) is 62.1 Å². The van der Waals surface area contributed by atoms with Crippen molar-refractivity contribution in [1.29, 1.82) is 0 Å². The van der Waals surface area contributed by atoms with Crippen LogP contribution in [0.3, 0.4) is 0 Å². The van der Waals surface area contributed by atoms with Crippen molar-refractivity contribution in [3.8, 4) is 0 Å². The Morgan fingerprint density at radius 2 is 2.00 bits per heavy atom. The van der Waals surface area contributed by atoms with Crippen molar-refractivity contribution in [3.63, 3.8) is 0 Å². The monoisotopic (exact) mass is 331 g/mol. The number of hydrogen-bond donors (Lipinski definition) is 1. The number of amides is 1. The Kier molecular flexibility index (Phi) is 5.31. The van der Waals surface area contributed by atoms with Crippen LogP contribution in [0.5, 0.6) is 0 Å². The summed E-state index contributed by atoms with van der Waals surface area (Å²) in [7, 11) is 0. The van der Waals surface area contributed by atoms with E-state index in [1.807, 2.05) is 43.8 Å². The number of fused-ring (bicyclic) bond motifs is 1. The van der Waals surface area contributed by atoms with Crippen LogP contribution in [-0.4, -0.2) is 17.2 Å². The third-order valence-electron chi connectivity index (χ3n) is 4.34. The summed E-state index contributed by atoms with van der Waals surface area (Å²) in [6.45, 7) is 3.94. The highest BCUT2D eigenvalue weighted by atomic mass is 32.2. The molecule has 3 nitrogen and oxygen atoms in total. The smallest absolute Gasteiger partial charge is 0.287 e.